The molecule has 3 atom stereocenters. The fourth-order valence-corrected chi connectivity index (χ4v) is 5.60. The van der Waals surface area contributed by atoms with E-state index in [1.165, 1.54) is 4.90 Å². The number of halogens is 1. The number of carbonyl (C=O) groups is 3. The monoisotopic (exact) mass is 652 g/mol. The Morgan fingerprint density at radius 1 is 1.15 bits per heavy atom. The van der Waals surface area contributed by atoms with Crippen LogP contribution in [-0.4, -0.2) is 89.2 Å². The first-order valence-corrected chi connectivity index (χ1v) is 15.8. The number of thiazole rings is 1. The van der Waals surface area contributed by atoms with Crippen LogP contribution in [0.1, 0.15) is 44.9 Å². The predicted molar refractivity (Wildman–Crippen MR) is 162 cm³/mol. The molecule has 3 amide bonds. The van der Waals surface area contributed by atoms with Gasteiger partial charge in [-0.25, -0.2) is 4.98 Å². The van der Waals surface area contributed by atoms with Crippen LogP contribution < -0.4 is 10.6 Å². The van der Waals surface area contributed by atoms with Crippen LogP contribution in [0.4, 0.5) is 0 Å². The van der Waals surface area contributed by atoms with Gasteiger partial charge in [0, 0.05) is 31.3 Å². The van der Waals surface area contributed by atoms with Crippen molar-refractivity contribution in [2.24, 2.45) is 5.41 Å². The topological polar surface area (TPSA) is 130 Å². The molecule has 1 saturated heterocycles. The fourth-order valence-electron chi connectivity index (χ4n) is 4.55. The van der Waals surface area contributed by atoms with Crippen molar-refractivity contribution in [1.29, 1.82) is 0 Å². The van der Waals surface area contributed by atoms with Gasteiger partial charge in [-0.15, -0.1) is 11.3 Å². The van der Waals surface area contributed by atoms with E-state index in [4.69, 9.17) is 9.47 Å². The Kier molecular flexibility index (Phi) is 12.7. The van der Waals surface area contributed by atoms with Gasteiger partial charge in [-0.3, -0.25) is 14.4 Å². The van der Waals surface area contributed by atoms with Crippen LogP contribution in [0.25, 0.3) is 10.4 Å². The zero-order valence-electron chi connectivity index (χ0n) is 24.2. The van der Waals surface area contributed by atoms with Crippen molar-refractivity contribution in [3.05, 3.63) is 41.0 Å². The molecule has 226 valence electrons. The summed E-state index contributed by atoms with van der Waals surface area (Å²) in [6.07, 6.45) is -0.600. The second-order valence-electron chi connectivity index (χ2n) is 11.1. The molecule has 2 heterocycles. The number of carbonyl (C=O) groups excluding carboxylic acids is 3. The number of hydrogen-bond acceptors (Lipinski definition) is 8. The Morgan fingerprint density at radius 2 is 1.83 bits per heavy atom. The fraction of sp³-hybridized carbons (Fsp3) is 0.586. The third-order valence-electron chi connectivity index (χ3n) is 6.78. The number of benzene rings is 1. The maximum absolute atomic E-state index is 13.7. The summed E-state index contributed by atoms with van der Waals surface area (Å²) in [5, 5.41) is 16.9. The molecular weight excluding hydrogens is 612 g/mol. The molecule has 1 fully saturated rings. The van der Waals surface area contributed by atoms with Crippen molar-refractivity contribution in [2.75, 3.05) is 38.3 Å². The second-order valence-corrected chi connectivity index (χ2v) is 12.8. The molecule has 0 spiro atoms. The Hall–Kier alpha value is -2.38. The summed E-state index contributed by atoms with van der Waals surface area (Å²) < 4.78 is 10.8. The van der Waals surface area contributed by atoms with Crippen LogP contribution in [-0.2, 0) is 30.4 Å². The molecule has 0 aliphatic carbocycles. The lowest BCUT2D eigenvalue weighted by molar-refractivity contribution is -0.144. The van der Waals surface area contributed by atoms with Crippen LogP contribution in [0.5, 0.6) is 0 Å². The molecule has 10 nitrogen and oxygen atoms in total. The number of aliphatic hydroxyl groups is 1. The maximum Gasteiger partial charge on any atom is 0.246 e. The number of aromatic nitrogens is 1. The van der Waals surface area contributed by atoms with Gasteiger partial charge < -0.3 is 30.1 Å². The Labute approximate surface area is 254 Å². The summed E-state index contributed by atoms with van der Waals surface area (Å²) in [5.74, 6) is -1.06. The summed E-state index contributed by atoms with van der Waals surface area (Å²) in [5.41, 5.74) is 4.15. The number of aryl methyl sites for hydroxylation is 1. The highest BCUT2D eigenvalue weighted by Gasteiger charge is 2.44. The van der Waals surface area contributed by atoms with Gasteiger partial charge in [-0.05, 0) is 23.5 Å². The SMILES string of the molecule is Cc1ncsc1-c1ccc(CNC(=O)[C@@H]2C[C@H](O)CN2C(=O)[C@@H](NC(=O)CCOCCOCCBr)C(C)(C)C)cc1. The van der Waals surface area contributed by atoms with Crippen molar-refractivity contribution in [2.45, 2.75) is 65.3 Å². The molecule has 3 rings (SSSR count). The van der Waals surface area contributed by atoms with Crippen molar-refractivity contribution >= 4 is 45.0 Å². The van der Waals surface area contributed by atoms with Crippen LogP contribution >= 0.6 is 27.3 Å². The van der Waals surface area contributed by atoms with E-state index in [0.29, 0.717) is 19.8 Å². The van der Waals surface area contributed by atoms with Gasteiger partial charge >= 0.3 is 0 Å². The first kappa shape index (κ1) is 33.1. The molecular formula is C29H41BrN4O6S. The van der Waals surface area contributed by atoms with Crippen LogP contribution in [0.3, 0.4) is 0 Å². The normalized spacial score (nSPS) is 17.9. The minimum atomic E-state index is -0.874. The highest BCUT2D eigenvalue weighted by molar-refractivity contribution is 9.09. The highest BCUT2D eigenvalue weighted by atomic mass is 79.9. The molecule has 1 aromatic heterocycles. The Morgan fingerprint density at radius 3 is 2.44 bits per heavy atom. The Bertz CT molecular complexity index is 1150. The summed E-state index contributed by atoms with van der Waals surface area (Å²) >= 11 is 4.86. The van der Waals surface area contributed by atoms with Crippen LogP contribution in [0.2, 0.25) is 0 Å². The molecule has 0 saturated carbocycles. The van der Waals surface area contributed by atoms with Crippen LogP contribution in [0, 0.1) is 12.3 Å². The molecule has 2 aromatic rings. The van der Waals surface area contributed by atoms with Crippen molar-refractivity contribution in [1.82, 2.24) is 20.5 Å². The molecule has 0 bridgehead atoms. The summed E-state index contributed by atoms with van der Waals surface area (Å²) in [4.78, 5) is 46.4. The van der Waals surface area contributed by atoms with E-state index in [0.717, 1.165) is 27.0 Å². The number of β-amino-alcohol motifs (C(OH)–C–C–N with tert-alkyl or cyclic N) is 1. The third-order valence-corrected chi connectivity index (χ3v) is 8.08. The molecule has 0 unspecified atom stereocenters. The van der Waals surface area contributed by atoms with E-state index in [2.05, 4.69) is 31.5 Å². The number of nitrogens with zero attached hydrogens (tertiary/aromatic N) is 2. The minimum absolute atomic E-state index is 0.0276. The van der Waals surface area contributed by atoms with Gasteiger partial charge in [0.05, 0.1) is 48.6 Å². The molecule has 1 aromatic carbocycles. The van der Waals surface area contributed by atoms with Gasteiger partial charge in [0.1, 0.15) is 12.1 Å². The van der Waals surface area contributed by atoms with E-state index in [-0.39, 0.29) is 44.4 Å². The maximum atomic E-state index is 13.7. The number of nitrogens with one attached hydrogen (secondary N) is 2. The van der Waals surface area contributed by atoms with E-state index in [9.17, 15) is 19.5 Å². The second kappa shape index (κ2) is 15.7. The summed E-state index contributed by atoms with van der Waals surface area (Å²) in [6, 6.07) is 6.19. The van der Waals surface area contributed by atoms with Gasteiger partial charge in [0.25, 0.3) is 0 Å². The predicted octanol–water partition coefficient (Wildman–Crippen LogP) is 3.05. The first-order chi connectivity index (χ1) is 19.5. The van der Waals surface area contributed by atoms with Gasteiger partial charge in [-0.2, -0.15) is 0 Å². The smallest absolute Gasteiger partial charge is 0.246 e. The number of alkyl halides is 1. The average Bonchev–Trinajstić information content (AvgIpc) is 3.54. The lowest BCUT2D eigenvalue weighted by Gasteiger charge is -2.35. The summed E-state index contributed by atoms with van der Waals surface area (Å²) in [7, 11) is 0. The molecule has 41 heavy (non-hydrogen) atoms. The molecule has 12 heteroatoms. The van der Waals surface area contributed by atoms with Crippen LogP contribution in [0.15, 0.2) is 29.8 Å². The molecule has 1 aliphatic rings. The Balaban J connectivity index is 1.57. The number of hydrogen-bond donors (Lipinski definition) is 3. The molecule has 0 radical (unpaired) electrons. The standard InChI is InChI=1S/C29H41BrN4O6S/c1-19-25(41-18-32-19)21-7-5-20(6-8-21)16-31-27(37)23-15-22(35)17-34(23)28(38)26(29(2,3)4)33-24(36)9-11-39-13-14-40-12-10-30/h5-8,18,22-23,26,35H,9-17H2,1-4H3,(H,31,37)(H,33,36)/t22-,23-,26+/m0/s1. The zero-order valence-corrected chi connectivity index (χ0v) is 26.6. The zero-order chi connectivity index (χ0) is 30.0. The number of aliphatic hydroxyl groups excluding tert-OH is 1. The number of rotatable bonds is 14. The van der Waals surface area contributed by atoms with E-state index >= 15 is 0 Å². The number of likely N-dealkylation sites (tertiary alicyclic amines) is 1. The minimum Gasteiger partial charge on any atom is -0.391 e. The van der Waals surface area contributed by atoms with Gasteiger partial charge in [-0.1, -0.05) is 61.0 Å². The van der Waals surface area contributed by atoms with Gasteiger partial charge in [0.2, 0.25) is 17.7 Å². The van der Waals surface area contributed by atoms with E-state index in [1.807, 2.05) is 57.5 Å². The average molecular weight is 654 g/mol. The highest BCUT2D eigenvalue weighted by Crippen LogP contribution is 2.28. The summed E-state index contributed by atoms with van der Waals surface area (Å²) in [6.45, 7) is 9.45. The van der Waals surface area contributed by atoms with Crippen molar-refractivity contribution in [3.8, 4) is 10.4 Å². The molecule has 1 aliphatic heterocycles. The van der Waals surface area contributed by atoms with E-state index < -0.39 is 29.5 Å². The number of ether oxygens (including phenoxy) is 2. The van der Waals surface area contributed by atoms with Crippen molar-refractivity contribution < 1.29 is 29.0 Å². The lowest BCUT2D eigenvalue weighted by atomic mass is 9.85. The largest absolute Gasteiger partial charge is 0.391 e. The first-order valence-electron chi connectivity index (χ1n) is 13.8. The quantitative estimate of drug-likeness (QED) is 0.211. The van der Waals surface area contributed by atoms with Crippen molar-refractivity contribution in [3.63, 3.8) is 0 Å². The third kappa shape index (κ3) is 9.85. The number of amides is 3. The lowest BCUT2D eigenvalue weighted by Crippen LogP contribution is -2.57. The van der Waals surface area contributed by atoms with Gasteiger partial charge in [0.15, 0.2) is 0 Å². The van der Waals surface area contributed by atoms with E-state index in [1.54, 1.807) is 11.3 Å². The molecule has 3 N–H and O–H groups in total.